The van der Waals surface area contributed by atoms with Gasteiger partial charge in [-0.25, -0.2) is 8.78 Å². The molecule has 1 saturated heterocycles. The third-order valence-corrected chi connectivity index (χ3v) is 6.34. The lowest BCUT2D eigenvalue weighted by molar-refractivity contribution is -0.172. The van der Waals surface area contributed by atoms with Crippen LogP contribution in [0.5, 0.6) is 0 Å². The van der Waals surface area contributed by atoms with Gasteiger partial charge < -0.3 is 20.3 Å². The van der Waals surface area contributed by atoms with Crippen molar-refractivity contribution in [2.24, 2.45) is 10.8 Å². The molecule has 2 rings (SSSR count). The second kappa shape index (κ2) is 7.58. The number of nitrogens with one attached hydrogen (secondary N) is 1. The third-order valence-electron chi connectivity index (χ3n) is 6.34. The fourth-order valence-electron chi connectivity index (χ4n) is 4.79. The summed E-state index contributed by atoms with van der Waals surface area (Å²) in [6.45, 7) is 5.49. The van der Waals surface area contributed by atoms with Gasteiger partial charge in [0, 0.05) is 17.5 Å². The number of carbonyl (C=O) groups is 3. The summed E-state index contributed by atoms with van der Waals surface area (Å²) >= 11 is 0. The first-order valence-corrected chi connectivity index (χ1v) is 9.10. The van der Waals surface area contributed by atoms with E-state index in [1.165, 1.54) is 19.1 Å². The maximum Gasteiger partial charge on any atom is 0.312 e. The summed E-state index contributed by atoms with van der Waals surface area (Å²) in [6.07, 6.45) is -1.39. The molecule has 1 fully saturated rings. The highest BCUT2D eigenvalue weighted by atomic mass is 19.1. The number of hydrogen-bond acceptors (Lipinski definition) is 4. The molecule has 0 bridgehead atoms. The van der Waals surface area contributed by atoms with E-state index in [1.807, 2.05) is 0 Å². The first-order valence-electron chi connectivity index (χ1n) is 9.10. The Morgan fingerprint density at radius 1 is 1.32 bits per heavy atom. The molecule has 0 saturated carbocycles. The Kier molecular flexibility index (Phi) is 5.94. The molecule has 0 radical (unpaired) electrons. The average Bonchev–Trinajstić information content (AvgIpc) is 2.61. The fraction of sp³-hybridized carbons (Fsp3) is 0.550. The number of piperidine rings is 1. The van der Waals surface area contributed by atoms with Crippen LogP contribution in [0.4, 0.5) is 8.78 Å². The summed E-state index contributed by atoms with van der Waals surface area (Å²) in [5, 5.41) is 23.0. The van der Waals surface area contributed by atoms with Crippen molar-refractivity contribution in [3.05, 3.63) is 35.1 Å². The Morgan fingerprint density at radius 2 is 1.93 bits per heavy atom. The predicted octanol–water partition coefficient (Wildman–Crippen LogP) is 3.07. The van der Waals surface area contributed by atoms with E-state index in [1.54, 1.807) is 13.8 Å². The lowest BCUT2D eigenvalue weighted by Gasteiger charge is -2.55. The Hall–Kier alpha value is -2.35. The second-order valence-electron chi connectivity index (χ2n) is 7.58. The number of aldehydes is 1. The van der Waals surface area contributed by atoms with Gasteiger partial charge in [-0.2, -0.15) is 0 Å². The van der Waals surface area contributed by atoms with Crippen molar-refractivity contribution in [3.63, 3.8) is 0 Å². The van der Waals surface area contributed by atoms with Gasteiger partial charge in [0.15, 0.2) is 0 Å². The summed E-state index contributed by atoms with van der Waals surface area (Å²) < 4.78 is 28.9. The first kappa shape index (κ1) is 21.9. The molecule has 6 unspecified atom stereocenters. The van der Waals surface area contributed by atoms with Gasteiger partial charge in [0.05, 0.1) is 16.9 Å². The molecule has 1 aromatic carbocycles. The highest BCUT2D eigenvalue weighted by molar-refractivity contribution is 5.87. The van der Waals surface area contributed by atoms with E-state index in [9.17, 15) is 33.4 Å². The Morgan fingerprint density at radius 3 is 2.36 bits per heavy atom. The molecule has 6 nitrogen and oxygen atoms in total. The summed E-state index contributed by atoms with van der Waals surface area (Å²) in [4.78, 5) is 36.5. The molecule has 1 heterocycles. The number of carbonyl (C=O) groups excluding carboxylic acids is 1. The number of carboxylic acid groups (broad SMARTS) is 2. The van der Waals surface area contributed by atoms with Gasteiger partial charge >= 0.3 is 11.9 Å². The molecule has 1 aliphatic heterocycles. The normalized spacial score (nSPS) is 33.9. The molecule has 0 aliphatic carbocycles. The SMILES string of the molecule is CCC1(C(=O)O)C(C)NC(C=O)C(C)(C(=O)O)C1c1cccc(F)c1C(C)F. The minimum absolute atomic E-state index is 0.00770. The fourth-order valence-corrected chi connectivity index (χ4v) is 4.79. The average molecular weight is 397 g/mol. The topological polar surface area (TPSA) is 104 Å². The van der Waals surface area contributed by atoms with Crippen molar-refractivity contribution < 1.29 is 33.4 Å². The standard InChI is InChI=1S/C20H25F2NO5/c1-5-20(18(27)28)11(3)23-14(9-24)19(4,17(25)26)16(20)12-7-6-8-13(22)15(12)10(2)21/h6-11,14,16,23H,5H2,1-4H3,(H,25,26)(H,27,28). The van der Waals surface area contributed by atoms with E-state index in [0.29, 0.717) is 6.29 Å². The number of halogens is 2. The van der Waals surface area contributed by atoms with Crippen molar-refractivity contribution in [1.29, 1.82) is 0 Å². The first-order chi connectivity index (χ1) is 13.0. The quantitative estimate of drug-likeness (QED) is 0.638. The van der Waals surface area contributed by atoms with Crippen LogP contribution in [0.15, 0.2) is 18.2 Å². The van der Waals surface area contributed by atoms with Crippen molar-refractivity contribution in [3.8, 4) is 0 Å². The van der Waals surface area contributed by atoms with E-state index in [-0.39, 0.29) is 17.5 Å². The van der Waals surface area contributed by atoms with Gasteiger partial charge in [0.25, 0.3) is 0 Å². The number of aliphatic carboxylic acids is 2. The van der Waals surface area contributed by atoms with Crippen LogP contribution in [0.25, 0.3) is 0 Å². The van der Waals surface area contributed by atoms with E-state index in [0.717, 1.165) is 13.0 Å². The summed E-state index contributed by atoms with van der Waals surface area (Å²) in [5.74, 6) is -4.95. The molecule has 1 aliphatic rings. The zero-order valence-electron chi connectivity index (χ0n) is 16.2. The van der Waals surface area contributed by atoms with Gasteiger partial charge in [0.1, 0.15) is 18.3 Å². The largest absolute Gasteiger partial charge is 0.481 e. The monoisotopic (exact) mass is 397 g/mol. The van der Waals surface area contributed by atoms with Gasteiger partial charge in [-0.3, -0.25) is 9.59 Å². The van der Waals surface area contributed by atoms with Gasteiger partial charge in [-0.15, -0.1) is 0 Å². The molecule has 8 heteroatoms. The Balaban J connectivity index is 3.00. The van der Waals surface area contributed by atoms with E-state index >= 15 is 0 Å². The van der Waals surface area contributed by atoms with Crippen LogP contribution in [0.1, 0.15) is 57.3 Å². The van der Waals surface area contributed by atoms with Gasteiger partial charge in [-0.1, -0.05) is 19.1 Å². The third kappa shape index (κ3) is 2.90. The zero-order valence-corrected chi connectivity index (χ0v) is 16.2. The van der Waals surface area contributed by atoms with Crippen molar-refractivity contribution >= 4 is 18.2 Å². The molecule has 28 heavy (non-hydrogen) atoms. The zero-order chi connectivity index (χ0) is 21.4. The number of rotatable bonds is 6. The Bertz CT molecular complexity index is 799. The highest BCUT2D eigenvalue weighted by Crippen LogP contribution is 2.57. The van der Waals surface area contributed by atoms with Crippen molar-refractivity contribution in [2.75, 3.05) is 0 Å². The van der Waals surface area contributed by atoms with Crippen LogP contribution in [0.3, 0.4) is 0 Å². The molecule has 0 spiro atoms. The van der Waals surface area contributed by atoms with Crippen molar-refractivity contribution in [1.82, 2.24) is 5.32 Å². The van der Waals surface area contributed by atoms with Crippen molar-refractivity contribution in [2.45, 2.75) is 58.3 Å². The molecule has 0 amide bonds. The smallest absolute Gasteiger partial charge is 0.312 e. The molecule has 6 atom stereocenters. The van der Waals surface area contributed by atoms with Crippen LogP contribution in [-0.4, -0.2) is 40.5 Å². The van der Waals surface area contributed by atoms with E-state index < -0.39 is 52.8 Å². The Labute approximate surface area is 161 Å². The maximum absolute atomic E-state index is 14.5. The minimum Gasteiger partial charge on any atom is -0.481 e. The minimum atomic E-state index is -1.94. The lowest BCUT2D eigenvalue weighted by Crippen LogP contribution is -2.70. The molecule has 0 aromatic heterocycles. The molecular formula is C20H25F2NO5. The van der Waals surface area contributed by atoms with E-state index in [4.69, 9.17) is 0 Å². The predicted molar refractivity (Wildman–Crippen MR) is 97.2 cm³/mol. The second-order valence-corrected chi connectivity index (χ2v) is 7.58. The number of benzene rings is 1. The van der Waals surface area contributed by atoms with Gasteiger partial charge in [0.2, 0.25) is 0 Å². The van der Waals surface area contributed by atoms with Crippen LogP contribution < -0.4 is 5.32 Å². The summed E-state index contributed by atoms with van der Waals surface area (Å²) in [5.41, 5.74) is -4.06. The van der Waals surface area contributed by atoms with Gasteiger partial charge in [-0.05, 0) is 38.8 Å². The van der Waals surface area contributed by atoms with Crippen LogP contribution in [0, 0.1) is 16.6 Å². The number of alkyl halides is 1. The van der Waals surface area contributed by atoms with Crippen LogP contribution in [0.2, 0.25) is 0 Å². The lowest BCUT2D eigenvalue weighted by atomic mass is 9.51. The highest BCUT2D eigenvalue weighted by Gasteiger charge is 2.66. The van der Waals surface area contributed by atoms with Crippen LogP contribution in [-0.2, 0) is 14.4 Å². The molecule has 3 N–H and O–H groups in total. The van der Waals surface area contributed by atoms with Crippen LogP contribution >= 0.6 is 0 Å². The number of carboxylic acids is 2. The molecule has 1 aromatic rings. The summed E-state index contributed by atoms with van der Waals surface area (Å²) in [7, 11) is 0. The molecule has 154 valence electrons. The van der Waals surface area contributed by atoms with E-state index in [2.05, 4.69) is 5.32 Å². The summed E-state index contributed by atoms with van der Waals surface area (Å²) in [6, 6.07) is 1.63. The maximum atomic E-state index is 14.5. The molecular weight excluding hydrogens is 372 g/mol. The number of hydrogen-bond donors (Lipinski definition) is 3.